The van der Waals surface area contributed by atoms with Gasteiger partial charge in [0.15, 0.2) is 11.4 Å². The zero-order chi connectivity index (χ0) is 15.8. The molecule has 0 bridgehead atoms. The van der Waals surface area contributed by atoms with Crippen molar-refractivity contribution < 1.29 is 14.3 Å². The Kier molecular flexibility index (Phi) is 4.05. The maximum atomic E-state index is 12.5. The lowest BCUT2D eigenvalue weighted by Gasteiger charge is -2.39. The normalized spacial score (nSPS) is 18.0. The Morgan fingerprint density at radius 3 is 2.67 bits per heavy atom. The zero-order valence-electron chi connectivity index (χ0n) is 13.0. The first-order valence-electron chi connectivity index (χ1n) is 7.22. The summed E-state index contributed by atoms with van der Waals surface area (Å²) in [5.74, 6) is 0.378. The first-order chi connectivity index (χ1) is 9.77. The third-order valence-corrected chi connectivity index (χ3v) is 3.52. The molecule has 1 aliphatic heterocycles. The number of benzene rings is 1. The van der Waals surface area contributed by atoms with Crippen molar-refractivity contribution >= 4 is 17.4 Å². The van der Waals surface area contributed by atoms with Crippen LogP contribution in [0.2, 0.25) is 0 Å². The first kappa shape index (κ1) is 15.5. The van der Waals surface area contributed by atoms with E-state index in [0.29, 0.717) is 23.5 Å². The number of ketones is 1. The van der Waals surface area contributed by atoms with E-state index in [1.54, 1.807) is 43.9 Å². The van der Waals surface area contributed by atoms with Gasteiger partial charge in [0.2, 0.25) is 0 Å². The Morgan fingerprint density at radius 1 is 1.43 bits per heavy atom. The molecule has 1 atom stereocenters. The van der Waals surface area contributed by atoms with Gasteiger partial charge in [-0.05, 0) is 45.4 Å². The summed E-state index contributed by atoms with van der Waals surface area (Å²) in [6, 6.07) is 4.56. The number of nitrogens with zero attached hydrogens (tertiary/aromatic N) is 1. The van der Waals surface area contributed by atoms with Crippen LogP contribution in [0.25, 0.3) is 0 Å². The van der Waals surface area contributed by atoms with Gasteiger partial charge in [-0.15, -0.1) is 0 Å². The molecule has 0 aliphatic carbocycles. The van der Waals surface area contributed by atoms with Crippen LogP contribution in [-0.2, 0) is 4.79 Å². The molecule has 0 radical (unpaired) electrons. The molecule has 0 aromatic heterocycles. The van der Waals surface area contributed by atoms with E-state index in [9.17, 15) is 9.59 Å². The second-order valence-electron chi connectivity index (χ2n) is 5.90. The molecule has 1 aromatic carbocycles. The van der Waals surface area contributed by atoms with Gasteiger partial charge in [0, 0.05) is 12.1 Å². The van der Waals surface area contributed by atoms with Gasteiger partial charge in [0.1, 0.15) is 5.75 Å². The summed E-state index contributed by atoms with van der Waals surface area (Å²) < 4.78 is 5.77. The van der Waals surface area contributed by atoms with Gasteiger partial charge in [0.05, 0.1) is 11.7 Å². The van der Waals surface area contributed by atoms with Gasteiger partial charge in [0.25, 0.3) is 5.91 Å². The van der Waals surface area contributed by atoms with Crippen molar-refractivity contribution in [1.82, 2.24) is 0 Å². The van der Waals surface area contributed by atoms with Gasteiger partial charge >= 0.3 is 0 Å². The minimum Gasteiger partial charge on any atom is -0.476 e. The van der Waals surface area contributed by atoms with E-state index in [2.05, 4.69) is 0 Å². The molecule has 114 valence electrons. The predicted octanol–water partition coefficient (Wildman–Crippen LogP) is 2.13. The minimum atomic E-state index is -0.894. The van der Waals surface area contributed by atoms with Gasteiger partial charge in [-0.25, -0.2) is 0 Å². The zero-order valence-corrected chi connectivity index (χ0v) is 13.0. The molecular weight excluding hydrogens is 268 g/mol. The SMILES string of the molecule is CCCN1C(=O)C(C)(C)Oc2ccc(C(=O)C(C)N)cc21. The lowest BCUT2D eigenvalue weighted by molar-refractivity contribution is -0.132. The summed E-state index contributed by atoms with van der Waals surface area (Å²) in [4.78, 5) is 26.2. The van der Waals surface area contributed by atoms with Crippen molar-refractivity contribution in [2.24, 2.45) is 5.73 Å². The summed E-state index contributed by atoms with van der Waals surface area (Å²) in [7, 11) is 0. The molecule has 5 nitrogen and oxygen atoms in total. The van der Waals surface area contributed by atoms with Crippen LogP contribution >= 0.6 is 0 Å². The number of carbonyl (C=O) groups excluding carboxylic acids is 2. The van der Waals surface area contributed by atoms with Crippen molar-refractivity contribution in [2.75, 3.05) is 11.4 Å². The van der Waals surface area contributed by atoms with Crippen LogP contribution in [-0.4, -0.2) is 29.9 Å². The average molecular weight is 290 g/mol. The molecule has 2 N–H and O–H groups in total. The smallest absolute Gasteiger partial charge is 0.270 e. The van der Waals surface area contributed by atoms with Crippen LogP contribution in [0.15, 0.2) is 18.2 Å². The number of Topliss-reactive ketones (excluding diaryl/α,β-unsaturated/α-hetero) is 1. The van der Waals surface area contributed by atoms with Crippen molar-refractivity contribution in [3.05, 3.63) is 23.8 Å². The van der Waals surface area contributed by atoms with Gasteiger partial charge in [-0.1, -0.05) is 6.92 Å². The number of hydrogen-bond acceptors (Lipinski definition) is 4. The minimum absolute atomic E-state index is 0.0951. The first-order valence-corrected chi connectivity index (χ1v) is 7.22. The summed E-state index contributed by atoms with van der Waals surface area (Å²) in [6.07, 6.45) is 0.826. The summed E-state index contributed by atoms with van der Waals surface area (Å²) in [5.41, 5.74) is 5.90. The highest BCUT2D eigenvalue weighted by molar-refractivity contribution is 6.05. The van der Waals surface area contributed by atoms with Crippen LogP contribution in [0.5, 0.6) is 5.75 Å². The number of rotatable bonds is 4. The Hall–Kier alpha value is -1.88. The Bertz CT molecular complexity index is 579. The molecule has 0 saturated carbocycles. The van der Waals surface area contributed by atoms with Crippen molar-refractivity contribution in [2.45, 2.75) is 45.8 Å². The monoisotopic (exact) mass is 290 g/mol. The van der Waals surface area contributed by atoms with Crippen molar-refractivity contribution in [3.8, 4) is 5.75 Å². The van der Waals surface area contributed by atoms with E-state index in [-0.39, 0.29) is 11.7 Å². The van der Waals surface area contributed by atoms with Gasteiger partial charge in [-0.2, -0.15) is 0 Å². The number of anilines is 1. The molecule has 5 heteroatoms. The van der Waals surface area contributed by atoms with E-state index < -0.39 is 11.6 Å². The highest BCUT2D eigenvalue weighted by Gasteiger charge is 2.40. The van der Waals surface area contributed by atoms with Crippen LogP contribution in [0, 0.1) is 0 Å². The van der Waals surface area contributed by atoms with Gasteiger partial charge < -0.3 is 15.4 Å². The van der Waals surface area contributed by atoms with Crippen molar-refractivity contribution in [3.63, 3.8) is 0 Å². The van der Waals surface area contributed by atoms with Crippen LogP contribution < -0.4 is 15.4 Å². The lowest BCUT2D eigenvalue weighted by atomic mass is 10.00. The van der Waals surface area contributed by atoms with E-state index in [1.807, 2.05) is 6.92 Å². The fourth-order valence-corrected chi connectivity index (χ4v) is 2.43. The average Bonchev–Trinajstić information content (AvgIpc) is 2.42. The summed E-state index contributed by atoms with van der Waals surface area (Å²) in [6.45, 7) is 7.75. The topological polar surface area (TPSA) is 72.6 Å². The highest BCUT2D eigenvalue weighted by Crippen LogP contribution is 2.38. The third-order valence-electron chi connectivity index (χ3n) is 3.52. The largest absolute Gasteiger partial charge is 0.476 e. The number of amides is 1. The van der Waals surface area contributed by atoms with E-state index in [4.69, 9.17) is 10.5 Å². The number of nitrogens with two attached hydrogens (primary N) is 1. The fourth-order valence-electron chi connectivity index (χ4n) is 2.43. The molecular formula is C16H22N2O3. The maximum absolute atomic E-state index is 12.5. The third kappa shape index (κ3) is 2.78. The fraction of sp³-hybridized carbons (Fsp3) is 0.500. The van der Waals surface area contributed by atoms with Crippen LogP contribution in [0.4, 0.5) is 5.69 Å². The molecule has 0 saturated heterocycles. The van der Waals surface area contributed by atoms with Crippen LogP contribution in [0.3, 0.4) is 0 Å². The molecule has 1 aromatic rings. The standard InChI is InChI=1S/C16H22N2O3/c1-5-8-18-12-9-11(14(19)10(2)17)6-7-13(12)21-16(3,4)15(18)20/h6-7,9-10H,5,8,17H2,1-4H3. The van der Waals surface area contributed by atoms with Gasteiger partial charge in [-0.3, -0.25) is 9.59 Å². The lowest BCUT2D eigenvalue weighted by Crippen LogP contribution is -2.52. The van der Waals surface area contributed by atoms with E-state index in [0.717, 1.165) is 6.42 Å². The molecule has 0 fully saturated rings. The number of hydrogen-bond donors (Lipinski definition) is 1. The van der Waals surface area contributed by atoms with E-state index >= 15 is 0 Å². The predicted molar refractivity (Wildman–Crippen MR) is 81.8 cm³/mol. The van der Waals surface area contributed by atoms with E-state index in [1.165, 1.54) is 0 Å². The highest BCUT2D eigenvalue weighted by atomic mass is 16.5. The Morgan fingerprint density at radius 2 is 2.10 bits per heavy atom. The molecule has 1 heterocycles. The van der Waals surface area contributed by atoms with Crippen LogP contribution in [0.1, 0.15) is 44.5 Å². The molecule has 1 unspecified atom stereocenters. The molecule has 2 rings (SSSR count). The molecule has 21 heavy (non-hydrogen) atoms. The number of fused-ring (bicyclic) bond motifs is 1. The van der Waals surface area contributed by atoms with Crippen molar-refractivity contribution in [1.29, 1.82) is 0 Å². The Balaban J connectivity index is 2.50. The number of ether oxygens (including phenoxy) is 1. The summed E-state index contributed by atoms with van der Waals surface area (Å²) >= 11 is 0. The summed E-state index contributed by atoms with van der Waals surface area (Å²) in [5, 5.41) is 0. The number of carbonyl (C=O) groups is 2. The Labute approximate surface area is 125 Å². The second-order valence-corrected chi connectivity index (χ2v) is 5.90. The quantitative estimate of drug-likeness (QED) is 0.862. The molecule has 0 spiro atoms. The second kappa shape index (κ2) is 5.48. The maximum Gasteiger partial charge on any atom is 0.270 e. The molecule has 1 aliphatic rings. The molecule has 1 amide bonds.